The molecule has 0 aromatic heterocycles. The van der Waals surface area contributed by atoms with Crippen molar-refractivity contribution in [1.82, 2.24) is 0 Å². The number of aliphatic hydroxyl groups is 5. The predicted octanol–water partition coefficient (Wildman–Crippen LogP) is 0.961. The van der Waals surface area contributed by atoms with Crippen LogP contribution in [0, 0.1) is 0 Å². The van der Waals surface area contributed by atoms with Crippen LogP contribution in [-0.2, 0) is 41.4 Å². The van der Waals surface area contributed by atoms with Gasteiger partial charge < -0.3 is 54.7 Å². The van der Waals surface area contributed by atoms with Crippen LogP contribution in [0.25, 0.3) is 0 Å². The van der Waals surface area contributed by atoms with Crippen molar-refractivity contribution in [3.05, 3.63) is 46.1 Å². The Labute approximate surface area is 261 Å². The van der Waals surface area contributed by atoms with Gasteiger partial charge in [0.05, 0.1) is 32.2 Å². The van der Waals surface area contributed by atoms with Gasteiger partial charge in [0.1, 0.15) is 24.4 Å². The fourth-order valence-electron chi connectivity index (χ4n) is 4.58. The van der Waals surface area contributed by atoms with Gasteiger partial charge in [0.2, 0.25) is 12.4 Å². The molecule has 1 aromatic carbocycles. The molecule has 14 heteroatoms. The Morgan fingerprint density at radius 2 is 1.56 bits per heavy atom. The second-order valence-corrected chi connectivity index (χ2v) is 11.7. The third-order valence-electron chi connectivity index (χ3n) is 7.03. The van der Waals surface area contributed by atoms with E-state index in [1.54, 1.807) is 39.8 Å². The standard InChI is InChI=1S/C31H44O14/c1-15(2)7-9-17-11-19(28(29(39)40)44-22(34)13-31(5,41)12-21(33)42-6)18(10-8-16(3)4)23(35)27(17)45-30-26(38)25(37)24(36)20(14-32)43-30/h7-8,11,20,24-26,28,30,32,35-38,41H,9-10,12-14H2,1-6H3,(H,39,40). The Kier molecular flexibility index (Phi) is 13.5. The van der Waals surface area contributed by atoms with Crippen molar-refractivity contribution >= 4 is 17.9 Å². The second-order valence-electron chi connectivity index (χ2n) is 11.7. The number of carboxylic acid groups (broad SMARTS) is 1. The number of hydrogen-bond donors (Lipinski definition) is 7. The Morgan fingerprint density at radius 3 is 2.09 bits per heavy atom. The van der Waals surface area contributed by atoms with E-state index in [4.69, 9.17) is 14.2 Å². The minimum absolute atomic E-state index is 0.0155. The summed E-state index contributed by atoms with van der Waals surface area (Å²) in [5.41, 5.74) is -0.208. The summed E-state index contributed by atoms with van der Waals surface area (Å²) in [6, 6.07) is 1.35. The van der Waals surface area contributed by atoms with Crippen molar-refractivity contribution < 1.29 is 69.1 Å². The van der Waals surface area contributed by atoms with Crippen LogP contribution < -0.4 is 4.74 Å². The fourth-order valence-corrected chi connectivity index (χ4v) is 4.58. The fraction of sp³-hybridized carbons (Fsp3) is 0.581. The van der Waals surface area contributed by atoms with E-state index < -0.39 is 85.5 Å². The van der Waals surface area contributed by atoms with Crippen LogP contribution in [0.2, 0.25) is 0 Å². The number of phenolic OH excluding ortho intramolecular Hbond substituents is 1. The molecule has 1 aliphatic rings. The summed E-state index contributed by atoms with van der Waals surface area (Å²) in [6.45, 7) is 7.60. The smallest absolute Gasteiger partial charge is 0.349 e. The third kappa shape index (κ3) is 10.2. The molecule has 14 nitrogen and oxygen atoms in total. The van der Waals surface area contributed by atoms with Gasteiger partial charge in [-0.15, -0.1) is 0 Å². The first-order valence-electron chi connectivity index (χ1n) is 14.2. The van der Waals surface area contributed by atoms with Crippen molar-refractivity contribution in [1.29, 1.82) is 0 Å². The highest BCUT2D eigenvalue weighted by atomic mass is 16.7. The SMILES string of the molecule is COC(=O)CC(C)(O)CC(=O)OC(C(=O)O)c1cc(CC=C(C)C)c(OC2OC(CO)C(O)C(O)C2O)c(O)c1CC=C(C)C. The zero-order valence-electron chi connectivity index (χ0n) is 26.2. The molecule has 1 heterocycles. The van der Waals surface area contributed by atoms with Crippen LogP contribution in [0.5, 0.6) is 11.5 Å². The maximum Gasteiger partial charge on any atom is 0.349 e. The van der Waals surface area contributed by atoms with Gasteiger partial charge in [-0.1, -0.05) is 23.3 Å². The minimum atomic E-state index is -1.97. The number of esters is 2. The summed E-state index contributed by atoms with van der Waals surface area (Å²) in [6.07, 6.45) is -8.03. The molecule has 0 spiro atoms. The van der Waals surface area contributed by atoms with Crippen molar-refractivity contribution in [3.63, 3.8) is 0 Å². The number of aliphatic carboxylic acids is 1. The highest BCUT2D eigenvalue weighted by Crippen LogP contribution is 2.42. The molecule has 1 saturated heterocycles. The molecular weight excluding hydrogens is 596 g/mol. The molecule has 0 radical (unpaired) electrons. The highest BCUT2D eigenvalue weighted by molar-refractivity contribution is 5.81. The van der Waals surface area contributed by atoms with Gasteiger partial charge in [0, 0.05) is 16.7 Å². The number of phenols is 1. The lowest BCUT2D eigenvalue weighted by atomic mass is 9.92. The summed E-state index contributed by atoms with van der Waals surface area (Å²) in [5.74, 6) is -4.34. The number of carbonyl (C=O) groups is 3. The van der Waals surface area contributed by atoms with Crippen LogP contribution in [0.4, 0.5) is 0 Å². The maximum absolute atomic E-state index is 12.8. The number of carboxylic acids is 1. The van der Waals surface area contributed by atoms with Crippen molar-refractivity contribution in [3.8, 4) is 11.5 Å². The van der Waals surface area contributed by atoms with Crippen LogP contribution in [0.3, 0.4) is 0 Å². The van der Waals surface area contributed by atoms with Gasteiger partial charge in [0.15, 0.2) is 11.5 Å². The number of rotatable bonds is 14. The number of allylic oxidation sites excluding steroid dienone is 4. The molecule has 252 valence electrons. The highest BCUT2D eigenvalue weighted by Gasteiger charge is 2.45. The van der Waals surface area contributed by atoms with E-state index in [2.05, 4.69) is 4.74 Å². The average Bonchev–Trinajstić information content (AvgIpc) is 2.94. The first kappa shape index (κ1) is 37.7. The van der Waals surface area contributed by atoms with Crippen molar-refractivity contribution in [2.45, 2.75) is 103 Å². The van der Waals surface area contributed by atoms with Gasteiger partial charge >= 0.3 is 17.9 Å². The number of aliphatic hydroxyl groups excluding tert-OH is 4. The molecule has 1 fully saturated rings. The average molecular weight is 641 g/mol. The van der Waals surface area contributed by atoms with E-state index in [1.165, 1.54) is 13.0 Å². The molecule has 7 atom stereocenters. The van der Waals surface area contributed by atoms with Crippen LogP contribution in [0.1, 0.15) is 70.3 Å². The molecule has 0 saturated carbocycles. The molecule has 0 aliphatic carbocycles. The van der Waals surface area contributed by atoms with Gasteiger partial charge in [-0.2, -0.15) is 0 Å². The molecule has 7 unspecified atom stereocenters. The van der Waals surface area contributed by atoms with Crippen LogP contribution in [-0.4, -0.2) is 104 Å². The van der Waals surface area contributed by atoms with Crippen molar-refractivity contribution in [2.24, 2.45) is 0 Å². The van der Waals surface area contributed by atoms with Gasteiger partial charge in [-0.25, -0.2) is 4.79 Å². The minimum Gasteiger partial charge on any atom is -0.504 e. The van der Waals surface area contributed by atoms with Gasteiger partial charge in [-0.05, 0) is 53.5 Å². The van der Waals surface area contributed by atoms with Gasteiger partial charge in [0.25, 0.3) is 0 Å². The maximum atomic E-state index is 12.8. The molecular formula is C31H44O14. The first-order valence-corrected chi connectivity index (χ1v) is 14.2. The summed E-state index contributed by atoms with van der Waals surface area (Å²) in [5, 5.41) is 72.8. The third-order valence-corrected chi connectivity index (χ3v) is 7.03. The Balaban J connectivity index is 2.69. The largest absolute Gasteiger partial charge is 0.504 e. The van der Waals surface area contributed by atoms with Crippen LogP contribution in [0.15, 0.2) is 29.4 Å². The quantitative estimate of drug-likeness (QED) is 0.111. The zero-order valence-corrected chi connectivity index (χ0v) is 26.2. The van der Waals surface area contributed by atoms with E-state index in [-0.39, 0.29) is 35.3 Å². The number of aromatic hydroxyl groups is 1. The molecule has 0 amide bonds. The number of ether oxygens (including phenoxy) is 4. The molecule has 2 rings (SSSR count). The summed E-state index contributed by atoms with van der Waals surface area (Å²) < 4.78 is 21.2. The van der Waals surface area contributed by atoms with E-state index in [0.29, 0.717) is 0 Å². The molecule has 45 heavy (non-hydrogen) atoms. The number of carbonyl (C=O) groups excluding carboxylic acids is 2. The monoisotopic (exact) mass is 640 g/mol. The normalized spacial score (nSPS) is 23.2. The molecule has 1 aliphatic heterocycles. The second kappa shape index (κ2) is 16.2. The number of benzene rings is 1. The van der Waals surface area contributed by atoms with Crippen molar-refractivity contribution in [2.75, 3.05) is 13.7 Å². The lowest BCUT2D eigenvalue weighted by Crippen LogP contribution is -2.60. The lowest BCUT2D eigenvalue weighted by molar-refractivity contribution is -0.277. The van der Waals surface area contributed by atoms with E-state index >= 15 is 0 Å². The molecule has 1 aromatic rings. The number of methoxy groups -OCH3 is 1. The zero-order chi connectivity index (χ0) is 34.2. The Morgan fingerprint density at radius 1 is 0.978 bits per heavy atom. The topological polar surface area (TPSA) is 230 Å². The van der Waals surface area contributed by atoms with Crippen LogP contribution >= 0.6 is 0 Å². The Hall–Kier alpha value is -3.53. The first-order chi connectivity index (χ1) is 20.9. The Bertz CT molecular complexity index is 1270. The predicted molar refractivity (Wildman–Crippen MR) is 157 cm³/mol. The summed E-state index contributed by atoms with van der Waals surface area (Å²) >= 11 is 0. The van der Waals surface area contributed by atoms with E-state index in [0.717, 1.165) is 18.3 Å². The van der Waals surface area contributed by atoms with Gasteiger partial charge in [-0.3, -0.25) is 9.59 Å². The van der Waals surface area contributed by atoms with E-state index in [9.17, 15) is 50.1 Å². The summed E-state index contributed by atoms with van der Waals surface area (Å²) in [4.78, 5) is 37.0. The molecule has 7 N–H and O–H groups in total. The number of hydrogen-bond acceptors (Lipinski definition) is 13. The lowest BCUT2D eigenvalue weighted by Gasteiger charge is -2.40. The molecule has 0 bridgehead atoms. The summed E-state index contributed by atoms with van der Waals surface area (Å²) in [7, 11) is 1.11. The van der Waals surface area contributed by atoms with E-state index in [1.807, 2.05) is 0 Å².